The van der Waals surface area contributed by atoms with Crippen LogP contribution in [-0.4, -0.2) is 34.1 Å². The van der Waals surface area contributed by atoms with Gasteiger partial charge < -0.3 is 15.5 Å². The number of benzene rings is 1. The molecule has 6 heteroatoms. The number of carbonyl (C=O) groups excluding carboxylic acids is 1. The maximum atomic E-state index is 11.9. The van der Waals surface area contributed by atoms with Crippen molar-refractivity contribution in [1.82, 2.24) is 5.32 Å². The summed E-state index contributed by atoms with van der Waals surface area (Å²) in [6.07, 6.45) is 2.41. The molecule has 0 radical (unpaired) electrons. The summed E-state index contributed by atoms with van der Waals surface area (Å²) < 4.78 is 0. The molecule has 0 aromatic heterocycles. The van der Waals surface area contributed by atoms with Gasteiger partial charge in [-0.1, -0.05) is 25.5 Å². The topological polar surface area (TPSA) is 104 Å². The highest BCUT2D eigenvalue weighted by Crippen LogP contribution is 2.08. The molecule has 1 aromatic rings. The number of amides is 1. The standard InChI is InChI=1S/C15H19NO5/c1-2-3-4-10-5-7-11(8-6-10)14(19)16-12(15(20)21)9-13(17)18/h5-8,12H,2-4,9H2,1H3,(H,16,19)(H,17,18)(H,20,21)/t12-/m1/s1. The molecule has 0 heterocycles. The van der Waals surface area contributed by atoms with Gasteiger partial charge in [0.1, 0.15) is 6.04 Å². The molecule has 0 saturated carbocycles. The Kier molecular flexibility index (Phi) is 6.39. The summed E-state index contributed by atoms with van der Waals surface area (Å²) in [7, 11) is 0. The molecule has 0 bridgehead atoms. The first-order valence-electron chi connectivity index (χ1n) is 6.78. The number of rotatable bonds is 8. The van der Waals surface area contributed by atoms with Crippen molar-refractivity contribution in [2.45, 2.75) is 38.6 Å². The van der Waals surface area contributed by atoms with Gasteiger partial charge in [-0.15, -0.1) is 0 Å². The average molecular weight is 293 g/mol. The largest absolute Gasteiger partial charge is 0.481 e. The molecule has 0 aliphatic rings. The highest BCUT2D eigenvalue weighted by molar-refractivity contribution is 5.97. The minimum atomic E-state index is -1.44. The number of unbranched alkanes of at least 4 members (excludes halogenated alkanes) is 1. The number of carboxylic acid groups (broad SMARTS) is 2. The summed E-state index contributed by atoms with van der Waals surface area (Å²) in [5, 5.41) is 19.7. The van der Waals surface area contributed by atoms with E-state index in [1.54, 1.807) is 12.1 Å². The molecule has 0 aliphatic heterocycles. The smallest absolute Gasteiger partial charge is 0.326 e. The van der Waals surface area contributed by atoms with E-state index in [2.05, 4.69) is 12.2 Å². The molecular weight excluding hydrogens is 274 g/mol. The zero-order valence-corrected chi connectivity index (χ0v) is 11.8. The quantitative estimate of drug-likeness (QED) is 0.676. The number of nitrogens with one attached hydrogen (secondary N) is 1. The molecule has 1 rings (SSSR count). The van der Waals surface area contributed by atoms with Crippen molar-refractivity contribution in [2.75, 3.05) is 0 Å². The Bertz CT molecular complexity index is 509. The number of aryl methyl sites for hydroxylation is 1. The van der Waals surface area contributed by atoms with Crippen LogP contribution < -0.4 is 5.32 Å². The molecule has 3 N–H and O–H groups in total. The van der Waals surface area contributed by atoms with E-state index in [9.17, 15) is 14.4 Å². The molecule has 0 spiro atoms. The van der Waals surface area contributed by atoms with Crippen molar-refractivity contribution >= 4 is 17.8 Å². The third-order valence-corrected chi connectivity index (χ3v) is 3.02. The van der Waals surface area contributed by atoms with Crippen molar-refractivity contribution in [1.29, 1.82) is 0 Å². The van der Waals surface area contributed by atoms with Gasteiger partial charge in [-0.2, -0.15) is 0 Å². The van der Waals surface area contributed by atoms with Gasteiger partial charge in [0.05, 0.1) is 6.42 Å². The molecule has 0 unspecified atom stereocenters. The molecule has 0 fully saturated rings. The fourth-order valence-corrected chi connectivity index (χ4v) is 1.82. The van der Waals surface area contributed by atoms with E-state index in [1.807, 2.05) is 12.1 Å². The minimum absolute atomic E-state index is 0.312. The van der Waals surface area contributed by atoms with Gasteiger partial charge in [0.2, 0.25) is 0 Å². The zero-order valence-electron chi connectivity index (χ0n) is 11.8. The minimum Gasteiger partial charge on any atom is -0.481 e. The first-order chi connectivity index (χ1) is 9.93. The Morgan fingerprint density at radius 1 is 1.14 bits per heavy atom. The predicted molar refractivity (Wildman–Crippen MR) is 76.2 cm³/mol. The number of aliphatic carboxylic acids is 2. The molecule has 1 amide bonds. The summed E-state index contributed by atoms with van der Waals surface area (Å²) >= 11 is 0. The number of hydrogen-bond donors (Lipinski definition) is 3. The molecule has 1 atom stereocenters. The third-order valence-electron chi connectivity index (χ3n) is 3.02. The molecule has 114 valence electrons. The van der Waals surface area contributed by atoms with E-state index < -0.39 is 30.3 Å². The van der Waals surface area contributed by atoms with Crippen LogP contribution in [0.25, 0.3) is 0 Å². The van der Waals surface area contributed by atoms with E-state index in [0.29, 0.717) is 5.56 Å². The van der Waals surface area contributed by atoms with Gasteiger partial charge in [-0.25, -0.2) is 4.79 Å². The van der Waals surface area contributed by atoms with Crippen LogP contribution in [0.3, 0.4) is 0 Å². The lowest BCUT2D eigenvalue weighted by molar-refractivity contribution is -0.145. The maximum absolute atomic E-state index is 11.9. The van der Waals surface area contributed by atoms with Crippen molar-refractivity contribution in [2.24, 2.45) is 0 Å². The lowest BCUT2D eigenvalue weighted by atomic mass is 10.1. The van der Waals surface area contributed by atoms with E-state index in [-0.39, 0.29) is 0 Å². The summed E-state index contributed by atoms with van der Waals surface area (Å²) in [6, 6.07) is 5.42. The third kappa shape index (κ3) is 5.64. The highest BCUT2D eigenvalue weighted by atomic mass is 16.4. The lowest BCUT2D eigenvalue weighted by Crippen LogP contribution is -2.42. The Morgan fingerprint density at radius 3 is 2.24 bits per heavy atom. The van der Waals surface area contributed by atoms with Gasteiger partial charge in [0.15, 0.2) is 0 Å². The summed E-state index contributed by atoms with van der Waals surface area (Å²) in [6.45, 7) is 2.09. The Morgan fingerprint density at radius 2 is 1.76 bits per heavy atom. The van der Waals surface area contributed by atoms with E-state index in [4.69, 9.17) is 10.2 Å². The number of carboxylic acids is 2. The fourth-order valence-electron chi connectivity index (χ4n) is 1.82. The summed E-state index contributed by atoms with van der Waals surface area (Å²) in [4.78, 5) is 33.4. The van der Waals surface area contributed by atoms with Crippen molar-refractivity contribution < 1.29 is 24.6 Å². The van der Waals surface area contributed by atoms with Crippen LogP contribution in [0.4, 0.5) is 0 Å². The Labute approximate surface area is 122 Å². The number of hydrogen-bond acceptors (Lipinski definition) is 3. The van der Waals surface area contributed by atoms with Crippen LogP contribution in [0.2, 0.25) is 0 Å². The zero-order chi connectivity index (χ0) is 15.8. The number of carbonyl (C=O) groups is 3. The monoisotopic (exact) mass is 293 g/mol. The van der Waals surface area contributed by atoms with Gasteiger partial charge in [-0.05, 0) is 30.5 Å². The molecule has 0 aliphatic carbocycles. The predicted octanol–water partition coefficient (Wildman–Crippen LogP) is 1.69. The van der Waals surface area contributed by atoms with E-state index in [0.717, 1.165) is 24.8 Å². The molecular formula is C15H19NO5. The molecule has 1 aromatic carbocycles. The van der Waals surface area contributed by atoms with Crippen LogP contribution in [0, 0.1) is 0 Å². The van der Waals surface area contributed by atoms with E-state index in [1.165, 1.54) is 0 Å². The average Bonchev–Trinajstić information content (AvgIpc) is 2.44. The second kappa shape index (κ2) is 8.04. The summed E-state index contributed by atoms with van der Waals surface area (Å²) in [5.41, 5.74) is 1.42. The molecule has 0 saturated heterocycles. The van der Waals surface area contributed by atoms with Gasteiger partial charge in [0.25, 0.3) is 5.91 Å². The van der Waals surface area contributed by atoms with Gasteiger partial charge >= 0.3 is 11.9 Å². The first-order valence-corrected chi connectivity index (χ1v) is 6.78. The fraction of sp³-hybridized carbons (Fsp3) is 0.400. The Balaban J connectivity index is 2.69. The summed E-state index contributed by atoms with van der Waals surface area (Å²) in [5.74, 6) is -3.24. The Hall–Kier alpha value is -2.37. The second-order valence-corrected chi connectivity index (χ2v) is 4.76. The van der Waals surface area contributed by atoms with Gasteiger partial charge in [0, 0.05) is 5.56 Å². The normalized spacial score (nSPS) is 11.7. The molecule has 21 heavy (non-hydrogen) atoms. The van der Waals surface area contributed by atoms with Gasteiger partial charge in [-0.3, -0.25) is 9.59 Å². The molecule has 6 nitrogen and oxygen atoms in total. The van der Waals surface area contributed by atoms with Crippen LogP contribution >= 0.6 is 0 Å². The lowest BCUT2D eigenvalue weighted by Gasteiger charge is -2.12. The van der Waals surface area contributed by atoms with Crippen molar-refractivity contribution in [3.8, 4) is 0 Å². The van der Waals surface area contributed by atoms with Crippen LogP contribution in [0.5, 0.6) is 0 Å². The second-order valence-electron chi connectivity index (χ2n) is 4.76. The van der Waals surface area contributed by atoms with Crippen molar-refractivity contribution in [3.05, 3.63) is 35.4 Å². The van der Waals surface area contributed by atoms with Crippen LogP contribution in [0.1, 0.15) is 42.1 Å². The first kappa shape index (κ1) is 16.7. The maximum Gasteiger partial charge on any atom is 0.326 e. The van der Waals surface area contributed by atoms with E-state index >= 15 is 0 Å². The van der Waals surface area contributed by atoms with Crippen LogP contribution in [-0.2, 0) is 16.0 Å². The SMILES string of the molecule is CCCCc1ccc(C(=O)N[C@H](CC(=O)O)C(=O)O)cc1. The highest BCUT2D eigenvalue weighted by Gasteiger charge is 2.23. The van der Waals surface area contributed by atoms with Crippen LogP contribution in [0.15, 0.2) is 24.3 Å². The van der Waals surface area contributed by atoms with Crippen molar-refractivity contribution in [3.63, 3.8) is 0 Å².